The third-order valence-electron chi connectivity index (χ3n) is 3.99. The van der Waals surface area contributed by atoms with Gasteiger partial charge in [0.1, 0.15) is 12.4 Å². The fraction of sp³-hybridized carbons (Fsp3) is 0.208. The Morgan fingerprint density at radius 1 is 1.06 bits per heavy atom. The van der Waals surface area contributed by atoms with E-state index in [0.29, 0.717) is 36.0 Å². The van der Waals surface area contributed by atoms with Gasteiger partial charge >= 0.3 is 0 Å². The molecule has 1 heterocycles. The maximum absolute atomic E-state index is 14.2. The van der Waals surface area contributed by atoms with E-state index in [2.05, 4.69) is 32.5 Å². The van der Waals surface area contributed by atoms with Crippen LogP contribution in [-0.2, 0) is 9.53 Å². The molecule has 9 heteroatoms. The number of benzene rings is 2. The molecule has 3 rings (SSSR count). The minimum absolute atomic E-state index is 0.00998. The number of nitrogens with zero attached hydrogens (tertiary/aromatic N) is 2. The van der Waals surface area contributed by atoms with Crippen LogP contribution in [0.2, 0.25) is 0 Å². The van der Waals surface area contributed by atoms with Gasteiger partial charge in [-0.15, -0.1) is 0 Å². The molecule has 0 saturated heterocycles. The van der Waals surface area contributed by atoms with Crippen LogP contribution in [-0.4, -0.2) is 36.2 Å². The average Bonchev–Trinajstić information content (AvgIpc) is 2.84. The number of methoxy groups -OCH3 is 1. The number of aromatic nitrogens is 2. The van der Waals surface area contributed by atoms with E-state index in [9.17, 15) is 9.18 Å². The van der Waals surface area contributed by atoms with E-state index in [0.717, 1.165) is 6.20 Å². The first-order chi connectivity index (χ1) is 16.1. The Morgan fingerprint density at radius 2 is 1.79 bits per heavy atom. The first-order valence-electron chi connectivity index (χ1n) is 10.4. The van der Waals surface area contributed by atoms with Gasteiger partial charge in [0.15, 0.2) is 11.6 Å². The van der Waals surface area contributed by atoms with E-state index in [1.54, 1.807) is 55.6 Å². The van der Waals surface area contributed by atoms with E-state index in [-0.39, 0.29) is 17.7 Å². The molecule has 0 saturated carbocycles. The first-order valence-corrected chi connectivity index (χ1v) is 10.4. The van der Waals surface area contributed by atoms with Crippen molar-refractivity contribution in [3.63, 3.8) is 0 Å². The largest absolute Gasteiger partial charge is 0.491 e. The molecule has 1 amide bonds. The number of nitrogens with one attached hydrogen (secondary N) is 3. The summed E-state index contributed by atoms with van der Waals surface area (Å²) in [5.41, 5.74) is 1.80. The molecule has 3 aromatic rings. The van der Waals surface area contributed by atoms with Gasteiger partial charge in [-0.1, -0.05) is 26.5 Å². The van der Waals surface area contributed by atoms with Gasteiger partial charge in [0, 0.05) is 24.2 Å². The van der Waals surface area contributed by atoms with Crippen LogP contribution in [0, 0.1) is 5.82 Å². The summed E-state index contributed by atoms with van der Waals surface area (Å²) < 4.78 is 24.7. The van der Waals surface area contributed by atoms with Gasteiger partial charge in [0.05, 0.1) is 12.8 Å². The van der Waals surface area contributed by atoms with Crippen molar-refractivity contribution in [2.45, 2.75) is 13.8 Å². The van der Waals surface area contributed by atoms with Gasteiger partial charge in [-0.3, -0.25) is 4.79 Å². The fourth-order valence-electron chi connectivity index (χ4n) is 2.53. The van der Waals surface area contributed by atoms with E-state index in [1.165, 1.54) is 6.08 Å². The molecule has 8 nitrogen and oxygen atoms in total. The predicted octanol–water partition coefficient (Wildman–Crippen LogP) is 5.28. The Balaban J connectivity index is 0.00000187. The number of hydrogen-bond donors (Lipinski definition) is 3. The minimum atomic E-state index is -0.618. The molecular formula is C24H28FN5O3. The van der Waals surface area contributed by atoms with Gasteiger partial charge in [-0.2, -0.15) is 4.98 Å². The molecule has 2 aromatic carbocycles. The van der Waals surface area contributed by atoms with Crippen molar-refractivity contribution in [1.29, 1.82) is 0 Å². The topological polar surface area (TPSA) is 97.4 Å². The predicted molar refractivity (Wildman–Crippen MR) is 129 cm³/mol. The quantitative estimate of drug-likeness (QED) is 0.284. The molecule has 3 N–H and O–H groups in total. The van der Waals surface area contributed by atoms with E-state index < -0.39 is 5.82 Å². The van der Waals surface area contributed by atoms with Crippen LogP contribution in [0.5, 0.6) is 5.75 Å². The number of hydrogen-bond acceptors (Lipinski definition) is 7. The molecule has 0 unspecified atom stereocenters. The van der Waals surface area contributed by atoms with Crippen LogP contribution >= 0.6 is 0 Å². The smallest absolute Gasteiger partial charge is 0.247 e. The fourth-order valence-corrected chi connectivity index (χ4v) is 2.53. The number of carbonyl (C=O) groups is 1. The molecule has 0 aliphatic carbocycles. The lowest BCUT2D eigenvalue weighted by atomic mass is 10.2. The van der Waals surface area contributed by atoms with Crippen molar-refractivity contribution >= 4 is 34.7 Å². The summed E-state index contributed by atoms with van der Waals surface area (Å²) in [4.78, 5) is 19.6. The highest BCUT2D eigenvalue weighted by molar-refractivity contribution is 5.99. The number of ether oxygens (including phenoxy) is 2. The second-order valence-electron chi connectivity index (χ2n) is 6.28. The van der Waals surface area contributed by atoms with E-state index >= 15 is 0 Å². The molecule has 0 aliphatic rings. The molecule has 0 aliphatic heterocycles. The number of amides is 1. The summed E-state index contributed by atoms with van der Waals surface area (Å²) in [6, 6.07) is 14.0. The molecule has 33 heavy (non-hydrogen) atoms. The van der Waals surface area contributed by atoms with Crippen molar-refractivity contribution in [1.82, 2.24) is 9.97 Å². The molecule has 0 fully saturated rings. The standard InChI is InChI=1S/C22H22FN5O3.C2H6/c1-3-20(29)25-16-5-4-6-17(13-16)26-21-19(23)14-24-22(28-21)27-15-7-9-18(10-8-15)31-12-11-30-2;1-2/h3-10,13-14H,1,11-12H2,2H3,(H,25,29)(H2,24,26,27,28);1-2H3. The number of anilines is 5. The van der Waals surface area contributed by atoms with Crippen molar-refractivity contribution in [2.75, 3.05) is 36.3 Å². The van der Waals surface area contributed by atoms with E-state index in [4.69, 9.17) is 9.47 Å². The molecule has 0 atom stereocenters. The van der Waals surface area contributed by atoms with Crippen molar-refractivity contribution in [3.05, 3.63) is 73.2 Å². The lowest BCUT2D eigenvalue weighted by Gasteiger charge is -2.11. The Hall–Kier alpha value is -3.98. The third kappa shape index (κ3) is 8.23. The highest BCUT2D eigenvalue weighted by atomic mass is 19.1. The summed E-state index contributed by atoms with van der Waals surface area (Å²) in [6.45, 7) is 8.37. The monoisotopic (exact) mass is 453 g/mol. The highest BCUT2D eigenvalue weighted by Gasteiger charge is 2.09. The van der Waals surface area contributed by atoms with Gasteiger partial charge < -0.3 is 25.4 Å². The van der Waals surface area contributed by atoms with Crippen LogP contribution in [0.4, 0.5) is 33.2 Å². The van der Waals surface area contributed by atoms with Crippen molar-refractivity contribution < 1.29 is 18.7 Å². The summed E-state index contributed by atoms with van der Waals surface area (Å²) >= 11 is 0. The summed E-state index contributed by atoms with van der Waals surface area (Å²) in [6.07, 6.45) is 2.24. The average molecular weight is 454 g/mol. The Morgan fingerprint density at radius 3 is 2.48 bits per heavy atom. The Kier molecular flexibility index (Phi) is 10.3. The highest BCUT2D eigenvalue weighted by Crippen LogP contribution is 2.23. The van der Waals surface area contributed by atoms with Gasteiger partial charge in [0.2, 0.25) is 11.9 Å². The molecule has 0 bridgehead atoms. The van der Waals surface area contributed by atoms with Crippen LogP contribution in [0.1, 0.15) is 13.8 Å². The van der Waals surface area contributed by atoms with Gasteiger partial charge in [-0.05, 0) is 48.5 Å². The molecular weight excluding hydrogens is 425 g/mol. The number of carbonyl (C=O) groups excluding carboxylic acids is 1. The molecule has 0 radical (unpaired) electrons. The van der Waals surface area contributed by atoms with Crippen molar-refractivity contribution in [3.8, 4) is 5.75 Å². The zero-order valence-electron chi connectivity index (χ0n) is 18.9. The lowest BCUT2D eigenvalue weighted by Crippen LogP contribution is -2.07. The van der Waals surface area contributed by atoms with Gasteiger partial charge in [-0.25, -0.2) is 9.37 Å². The molecule has 0 spiro atoms. The Bertz CT molecular complexity index is 1040. The maximum Gasteiger partial charge on any atom is 0.247 e. The second-order valence-corrected chi connectivity index (χ2v) is 6.28. The zero-order valence-corrected chi connectivity index (χ0v) is 18.9. The van der Waals surface area contributed by atoms with Crippen LogP contribution in [0.25, 0.3) is 0 Å². The first kappa shape index (κ1) is 25.3. The maximum atomic E-state index is 14.2. The second kappa shape index (κ2) is 13.4. The normalized spacial score (nSPS) is 9.82. The third-order valence-corrected chi connectivity index (χ3v) is 3.99. The number of rotatable bonds is 10. The van der Waals surface area contributed by atoms with Gasteiger partial charge in [0.25, 0.3) is 0 Å². The summed E-state index contributed by atoms with van der Waals surface area (Å²) in [7, 11) is 1.61. The van der Waals surface area contributed by atoms with E-state index in [1.807, 2.05) is 13.8 Å². The van der Waals surface area contributed by atoms with Crippen LogP contribution in [0.3, 0.4) is 0 Å². The van der Waals surface area contributed by atoms with Crippen LogP contribution in [0.15, 0.2) is 67.4 Å². The zero-order chi connectivity index (χ0) is 24.1. The molecule has 174 valence electrons. The summed E-state index contributed by atoms with van der Waals surface area (Å²) in [5.74, 6) is -0.0503. The Labute approximate surface area is 192 Å². The lowest BCUT2D eigenvalue weighted by molar-refractivity contribution is -0.111. The SMILES string of the molecule is C=CC(=O)Nc1cccc(Nc2nc(Nc3ccc(OCCOC)cc3)ncc2F)c1.CC. The number of halogens is 1. The van der Waals surface area contributed by atoms with Crippen molar-refractivity contribution in [2.24, 2.45) is 0 Å². The minimum Gasteiger partial charge on any atom is -0.491 e. The molecule has 1 aromatic heterocycles. The summed E-state index contributed by atoms with van der Waals surface area (Å²) in [5, 5.41) is 8.56. The van der Waals surface area contributed by atoms with Crippen LogP contribution < -0.4 is 20.7 Å².